The second kappa shape index (κ2) is 4.54. The summed E-state index contributed by atoms with van der Waals surface area (Å²) in [6.07, 6.45) is -0.0763. The normalized spacial score (nSPS) is 9.73. The van der Waals surface area contributed by atoms with Crippen LogP contribution in [0, 0.1) is 17.0 Å². The van der Waals surface area contributed by atoms with Gasteiger partial charge in [0.05, 0.1) is 18.5 Å². The van der Waals surface area contributed by atoms with E-state index in [1.807, 2.05) is 0 Å². The van der Waals surface area contributed by atoms with Crippen LogP contribution < -0.4 is 0 Å². The Labute approximate surface area is 86.8 Å². The first kappa shape index (κ1) is 11.2. The summed E-state index contributed by atoms with van der Waals surface area (Å²) in [7, 11) is 1.25. The number of esters is 1. The van der Waals surface area contributed by atoms with Gasteiger partial charge in [0.15, 0.2) is 0 Å². The Kier molecular flexibility index (Phi) is 3.38. The van der Waals surface area contributed by atoms with Crippen molar-refractivity contribution in [3.63, 3.8) is 0 Å². The number of benzene rings is 1. The van der Waals surface area contributed by atoms with E-state index in [9.17, 15) is 14.9 Å². The van der Waals surface area contributed by atoms with E-state index < -0.39 is 10.9 Å². The van der Waals surface area contributed by atoms with Gasteiger partial charge in [-0.25, -0.2) is 0 Å². The van der Waals surface area contributed by atoms with Crippen molar-refractivity contribution in [2.24, 2.45) is 0 Å². The lowest BCUT2D eigenvalue weighted by atomic mass is 10.1. The van der Waals surface area contributed by atoms with E-state index >= 15 is 0 Å². The Hall–Kier alpha value is -1.91. The van der Waals surface area contributed by atoms with Crippen LogP contribution in [0.5, 0.6) is 0 Å². The van der Waals surface area contributed by atoms with Crippen molar-refractivity contribution in [1.82, 2.24) is 0 Å². The van der Waals surface area contributed by atoms with E-state index in [0.29, 0.717) is 5.56 Å². The van der Waals surface area contributed by atoms with Gasteiger partial charge in [-0.05, 0) is 12.5 Å². The van der Waals surface area contributed by atoms with E-state index in [2.05, 4.69) is 4.74 Å². The van der Waals surface area contributed by atoms with Crippen molar-refractivity contribution >= 4 is 11.7 Å². The van der Waals surface area contributed by atoms with Crippen LogP contribution in [0.3, 0.4) is 0 Å². The van der Waals surface area contributed by atoms with Crippen LogP contribution in [0.4, 0.5) is 5.69 Å². The zero-order valence-electron chi connectivity index (χ0n) is 8.52. The van der Waals surface area contributed by atoms with Crippen LogP contribution in [0.2, 0.25) is 0 Å². The second-order valence-electron chi connectivity index (χ2n) is 3.14. The quantitative estimate of drug-likeness (QED) is 0.431. The highest BCUT2D eigenvalue weighted by Gasteiger charge is 2.16. The van der Waals surface area contributed by atoms with Gasteiger partial charge in [-0.1, -0.05) is 12.1 Å². The van der Waals surface area contributed by atoms with Gasteiger partial charge in [-0.15, -0.1) is 0 Å². The molecule has 0 saturated heterocycles. The molecule has 0 N–H and O–H groups in total. The lowest BCUT2D eigenvalue weighted by Crippen LogP contribution is -2.06. The summed E-state index contributed by atoms with van der Waals surface area (Å²) in [4.78, 5) is 21.2. The summed E-state index contributed by atoms with van der Waals surface area (Å²) in [5.41, 5.74) is 1.12. The van der Waals surface area contributed by atoms with Crippen LogP contribution in [0.25, 0.3) is 0 Å². The van der Waals surface area contributed by atoms with Gasteiger partial charge in [-0.2, -0.15) is 0 Å². The molecular formula is C10H11NO4. The minimum Gasteiger partial charge on any atom is -0.469 e. The molecule has 0 unspecified atom stereocenters. The number of hydrogen-bond donors (Lipinski definition) is 0. The van der Waals surface area contributed by atoms with Crippen LogP contribution in [0.15, 0.2) is 18.2 Å². The maximum absolute atomic E-state index is 11.0. The Morgan fingerprint density at radius 3 is 2.73 bits per heavy atom. The molecule has 0 aliphatic heterocycles. The maximum Gasteiger partial charge on any atom is 0.310 e. The number of nitro benzene ring substituents is 1. The highest BCUT2D eigenvalue weighted by atomic mass is 16.6. The van der Waals surface area contributed by atoms with E-state index in [4.69, 9.17) is 0 Å². The zero-order valence-corrected chi connectivity index (χ0v) is 8.52. The molecule has 1 rings (SSSR count). The third-order valence-electron chi connectivity index (χ3n) is 2.00. The number of nitrogens with zero attached hydrogens (tertiary/aromatic N) is 1. The Bertz CT molecular complexity index is 400. The lowest BCUT2D eigenvalue weighted by molar-refractivity contribution is -0.385. The Morgan fingerprint density at radius 1 is 1.53 bits per heavy atom. The molecule has 0 saturated carbocycles. The number of hydrogen-bond acceptors (Lipinski definition) is 4. The summed E-state index contributed by atoms with van der Waals surface area (Å²) in [5.74, 6) is -0.484. The number of carbonyl (C=O) groups is 1. The van der Waals surface area contributed by atoms with Crippen molar-refractivity contribution in [1.29, 1.82) is 0 Å². The molecule has 15 heavy (non-hydrogen) atoms. The van der Waals surface area contributed by atoms with Gasteiger partial charge in [0.25, 0.3) is 5.69 Å². The molecule has 5 nitrogen and oxygen atoms in total. The molecule has 0 aliphatic carbocycles. The highest BCUT2D eigenvalue weighted by molar-refractivity contribution is 5.74. The largest absolute Gasteiger partial charge is 0.469 e. The first-order chi connectivity index (χ1) is 7.04. The van der Waals surface area contributed by atoms with E-state index in [0.717, 1.165) is 5.56 Å². The first-order valence-electron chi connectivity index (χ1n) is 4.35. The summed E-state index contributed by atoms with van der Waals surface area (Å²) in [6, 6.07) is 4.74. The molecule has 0 amide bonds. The first-order valence-corrected chi connectivity index (χ1v) is 4.35. The Balaban J connectivity index is 3.06. The van der Waals surface area contributed by atoms with Crippen LogP contribution in [-0.4, -0.2) is 18.0 Å². The molecule has 0 aliphatic rings. The van der Waals surface area contributed by atoms with Crippen LogP contribution in [0.1, 0.15) is 11.1 Å². The molecule has 0 fully saturated rings. The monoisotopic (exact) mass is 209 g/mol. The Morgan fingerprint density at radius 2 is 2.20 bits per heavy atom. The van der Waals surface area contributed by atoms with Crippen molar-refractivity contribution in [2.75, 3.05) is 7.11 Å². The van der Waals surface area contributed by atoms with Crippen molar-refractivity contribution in [2.45, 2.75) is 13.3 Å². The third kappa shape index (κ3) is 2.77. The number of aryl methyl sites for hydroxylation is 1. The van der Waals surface area contributed by atoms with Gasteiger partial charge < -0.3 is 4.74 Å². The minimum atomic E-state index is -0.495. The predicted octanol–water partition coefficient (Wildman–Crippen LogP) is 1.62. The second-order valence-corrected chi connectivity index (χ2v) is 3.14. The zero-order chi connectivity index (χ0) is 11.4. The van der Waals surface area contributed by atoms with Gasteiger partial charge in [0.2, 0.25) is 0 Å². The fourth-order valence-electron chi connectivity index (χ4n) is 1.22. The molecule has 1 aromatic carbocycles. The van der Waals surface area contributed by atoms with Crippen LogP contribution in [-0.2, 0) is 16.0 Å². The van der Waals surface area contributed by atoms with Gasteiger partial charge in [0, 0.05) is 11.6 Å². The summed E-state index contributed by atoms with van der Waals surface area (Å²) in [5, 5.41) is 10.7. The van der Waals surface area contributed by atoms with Crippen LogP contribution >= 0.6 is 0 Å². The summed E-state index contributed by atoms with van der Waals surface area (Å²) >= 11 is 0. The molecular weight excluding hydrogens is 198 g/mol. The topological polar surface area (TPSA) is 69.4 Å². The molecule has 1 aromatic rings. The molecule has 0 bridgehead atoms. The van der Waals surface area contributed by atoms with Gasteiger partial charge >= 0.3 is 5.97 Å². The standard InChI is InChI=1S/C10H11NO4/c1-7-3-4-8(6-10(12)15-2)9(5-7)11(13)14/h3-5H,6H2,1-2H3. The molecule has 80 valence electrons. The molecule has 5 heteroatoms. The van der Waals surface area contributed by atoms with E-state index in [-0.39, 0.29) is 12.1 Å². The van der Waals surface area contributed by atoms with E-state index in [1.165, 1.54) is 13.2 Å². The fraction of sp³-hybridized carbons (Fsp3) is 0.300. The summed E-state index contributed by atoms with van der Waals surface area (Å²) in [6.45, 7) is 1.76. The number of ether oxygens (including phenoxy) is 1. The smallest absolute Gasteiger partial charge is 0.310 e. The average Bonchev–Trinajstić information content (AvgIpc) is 2.20. The predicted molar refractivity (Wildman–Crippen MR) is 53.6 cm³/mol. The van der Waals surface area contributed by atoms with Crippen molar-refractivity contribution < 1.29 is 14.5 Å². The SMILES string of the molecule is COC(=O)Cc1ccc(C)cc1[N+](=O)[O-]. The molecule has 0 atom stereocenters. The average molecular weight is 209 g/mol. The highest BCUT2D eigenvalue weighted by Crippen LogP contribution is 2.20. The molecule has 0 radical (unpaired) electrons. The van der Waals surface area contributed by atoms with Crippen molar-refractivity contribution in [3.8, 4) is 0 Å². The number of nitro groups is 1. The molecule has 0 aromatic heterocycles. The summed E-state index contributed by atoms with van der Waals surface area (Å²) < 4.78 is 4.46. The lowest BCUT2D eigenvalue weighted by Gasteiger charge is -2.02. The fourth-order valence-corrected chi connectivity index (χ4v) is 1.22. The molecule has 0 spiro atoms. The maximum atomic E-state index is 11.0. The number of carbonyl (C=O) groups excluding carboxylic acids is 1. The number of methoxy groups -OCH3 is 1. The van der Waals surface area contributed by atoms with Crippen molar-refractivity contribution in [3.05, 3.63) is 39.4 Å². The molecule has 0 heterocycles. The van der Waals surface area contributed by atoms with Gasteiger partial charge in [-0.3, -0.25) is 14.9 Å². The third-order valence-corrected chi connectivity index (χ3v) is 2.00. The van der Waals surface area contributed by atoms with Gasteiger partial charge in [0.1, 0.15) is 0 Å². The van der Waals surface area contributed by atoms with E-state index in [1.54, 1.807) is 19.1 Å². The minimum absolute atomic E-state index is 0.0413. The number of rotatable bonds is 3.